The average Bonchev–Trinajstić information content (AvgIpc) is 3.11. The molecule has 0 spiro atoms. The van der Waals surface area contributed by atoms with E-state index in [1.54, 1.807) is 46.4 Å². The summed E-state index contributed by atoms with van der Waals surface area (Å²) in [6.45, 7) is 4.38. The number of aromatic nitrogens is 2. The molecule has 0 fully saturated rings. The van der Waals surface area contributed by atoms with E-state index in [-0.39, 0.29) is 28.3 Å². The van der Waals surface area contributed by atoms with Crippen LogP contribution in [0.4, 0.5) is 5.82 Å². The van der Waals surface area contributed by atoms with E-state index in [9.17, 15) is 15.2 Å². The molecule has 0 amide bonds. The number of aryl methyl sites for hydroxylation is 1. The molecule has 35 heavy (non-hydrogen) atoms. The highest BCUT2D eigenvalue weighted by molar-refractivity contribution is 6.30. The SMILES string of the molecule is CCCCCn1c(N)c(C#N)c(-c2ccc(Cl)cc2)c1-c1c(O)cc(C)n(-c2ccccc2)c1=O. The fraction of sp³-hybridized carbons (Fsp3) is 0.214. The number of rotatable bonds is 7. The number of nitrogens with two attached hydrogens (primary N) is 1. The summed E-state index contributed by atoms with van der Waals surface area (Å²) in [5.74, 6) is 0.114. The number of para-hydroxylation sites is 1. The summed E-state index contributed by atoms with van der Waals surface area (Å²) in [4.78, 5) is 14.0. The van der Waals surface area contributed by atoms with Crippen molar-refractivity contribution in [3.63, 3.8) is 0 Å². The topological polar surface area (TPSA) is 97.0 Å². The monoisotopic (exact) mass is 486 g/mol. The molecule has 0 aliphatic carbocycles. The highest BCUT2D eigenvalue weighted by Gasteiger charge is 2.28. The van der Waals surface area contributed by atoms with Crippen LogP contribution in [-0.4, -0.2) is 14.2 Å². The van der Waals surface area contributed by atoms with Gasteiger partial charge in [-0.05, 0) is 43.2 Å². The summed E-state index contributed by atoms with van der Waals surface area (Å²) in [5.41, 5.74) is 9.40. The zero-order valence-electron chi connectivity index (χ0n) is 19.8. The number of pyridine rings is 1. The molecule has 2 heterocycles. The van der Waals surface area contributed by atoms with Gasteiger partial charge in [-0.1, -0.05) is 61.7 Å². The molecule has 0 aliphatic heterocycles. The number of nitrogen functional groups attached to an aromatic ring is 1. The van der Waals surface area contributed by atoms with Crippen LogP contribution in [0.15, 0.2) is 65.5 Å². The number of unbranched alkanes of at least 4 members (excludes halogenated alkanes) is 2. The Labute approximate surface area is 209 Å². The first-order valence-electron chi connectivity index (χ1n) is 11.6. The van der Waals surface area contributed by atoms with Crippen molar-refractivity contribution in [2.45, 2.75) is 39.7 Å². The van der Waals surface area contributed by atoms with E-state index in [2.05, 4.69) is 13.0 Å². The lowest BCUT2D eigenvalue weighted by Gasteiger charge is -2.17. The van der Waals surface area contributed by atoms with Gasteiger partial charge in [0.1, 0.15) is 28.8 Å². The van der Waals surface area contributed by atoms with Crippen molar-refractivity contribution in [1.29, 1.82) is 5.26 Å². The van der Waals surface area contributed by atoms with E-state index in [1.165, 1.54) is 0 Å². The van der Waals surface area contributed by atoms with Crippen molar-refractivity contribution in [2.24, 2.45) is 0 Å². The first-order valence-corrected chi connectivity index (χ1v) is 12.0. The Morgan fingerprint density at radius 1 is 1.06 bits per heavy atom. The van der Waals surface area contributed by atoms with E-state index in [4.69, 9.17) is 17.3 Å². The fourth-order valence-electron chi connectivity index (χ4n) is 4.50. The lowest BCUT2D eigenvalue weighted by Crippen LogP contribution is -2.23. The highest BCUT2D eigenvalue weighted by Crippen LogP contribution is 2.42. The molecule has 7 heteroatoms. The Balaban J connectivity index is 2.10. The van der Waals surface area contributed by atoms with Crippen molar-refractivity contribution in [3.8, 4) is 39.9 Å². The summed E-state index contributed by atoms with van der Waals surface area (Å²) in [7, 11) is 0. The van der Waals surface area contributed by atoms with Crippen molar-refractivity contribution in [3.05, 3.63) is 87.3 Å². The largest absolute Gasteiger partial charge is 0.507 e. The van der Waals surface area contributed by atoms with Crippen LogP contribution in [-0.2, 0) is 6.54 Å². The Kier molecular flexibility index (Phi) is 6.99. The number of anilines is 1. The quantitative estimate of drug-likeness (QED) is 0.300. The van der Waals surface area contributed by atoms with Gasteiger partial charge in [0.15, 0.2) is 0 Å². The minimum atomic E-state index is -0.386. The van der Waals surface area contributed by atoms with Gasteiger partial charge in [0, 0.05) is 34.6 Å². The third-order valence-electron chi connectivity index (χ3n) is 6.16. The summed E-state index contributed by atoms with van der Waals surface area (Å²) in [6.07, 6.45) is 2.78. The van der Waals surface area contributed by atoms with Gasteiger partial charge in [-0.3, -0.25) is 9.36 Å². The molecule has 0 saturated carbocycles. The molecule has 2 aromatic carbocycles. The molecule has 3 N–H and O–H groups in total. The number of aromatic hydroxyl groups is 1. The molecule has 0 radical (unpaired) electrons. The molecule has 2 aromatic heterocycles. The van der Waals surface area contributed by atoms with Crippen molar-refractivity contribution in [1.82, 2.24) is 9.13 Å². The summed E-state index contributed by atoms with van der Waals surface area (Å²) >= 11 is 6.12. The van der Waals surface area contributed by atoms with Gasteiger partial charge in [0.25, 0.3) is 5.56 Å². The number of halogens is 1. The van der Waals surface area contributed by atoms with Crippen LogP contribution in [0.2, 0.25) is 5.02 Å². The number of hydrogen-bond acceptors (Lipinski definition) is 4. The third kappa shape index (κ3) is 4.43. The number of nitriles is 1. The minimum Gasteiger partial charge on any atom is -0.507 e. The highest BCUT2D eigenvalue weighted by atomic mass is 35.5. The van der Waals surface area contributed by atoms with E-state index in [1.807, 2.05) is 30.3 Å². The standard InChI is InChI=1S/C28H27ClN4O2/c1-3-4-8-15-32-26(24(22(17-30)27(32)31)19-11-13-20(29)14-12-19)25-23(34)16-18(2)33(28(25)35)21-9-6-5-7-10-21/h5-7,9-14,16,34H,3-4,8,15,31H2,1-2H3. The number of benzene rings is 2. The second-order valence-electron chi connectivity index (χ2n) is 8.48. The van der Waals surface area contributed by atoms with Gasteiger partial charge in [-0.25, -0.2) is 0 Å². The predicted octanol–water partition coefficient (Wildman–Crippen LogP) is 6.28. The summed E-state index contributed by atoms with van der Waals surface area (Å²) in [5, 5.41) is 21.7. The Bertz CT molecular complexity index is 1460. The van der Waals surface area contributed by atoms with Gasteiger partial charge in [0.2, 0.25) is 0 Å². The van der Waals surface area contributed by atoms with E-state index < -0.39 is 0 Å². The molecule has 0 atom stereocenters. The lowest BCUT2D eigenvalue weighted by molar-refractivity contribution is 0.473. The fourth-order valence-corrected chi connectivity index (χ4v) is 4.62. The van der Waals surface area contributed by atoms with Crippen LogP contribution in [0.1, 0.15) is 37.4 Å². The molecule has 0 unspecified atom stereocenters. The Morgan fingerprint density at radius 3 is 2.37 bits per heavy atom. The zero-order valence-corrected chi connectivity index (χ0v) is 20.5. The van der Waals surface area contributed by atoms with Crippen LogP contribution in [0.25, 0.3) is 28.1 Å². The van der Waals surface area contributed by atoms with Gasteiger partial charge < -0.3 is 15.4 Å². The second-order valence-corrected chi connectivity index (χ2v) is 8.92. The molecular weight excluding hydrogens is 460 g/mol. The predicted molar refractivity (Wildman–Crippen MR) is 141 cm³/mol. The summed E-state index contributed by atoms with van der Waals surface area (Å²) < 4.78 is 3.35. The van der Waals surface area contributed by atoms with Gasteiger partial charge in [0.05, 0.1) is 5.69 Å². The molecule has 4 aromatic rings. The van der Waals surface area contributed by atoms with Crippen molar-refractivity contribution < 1.29 is 5.11 Å². The molecule has 0 saturated heterocycles. The minimum absolute atomic E-state index is 0.106. The smallest absolute Gasteiger partial charge is 0.268 e. The third-order valence-corrected chi connectivity index (χ3v) is 6.41. The maximum absolute atomic E-state index is 14.0. The van der Waals surface area contributed by atoms with Gasteiger partial charge in [-0.15, -0.1) is 0 Å². The number of nitrogens with zero attached hydrogens (tertiary/aromatic N) is 3. The molecule has 4 rings (SSSR count). The van der Waals surface area contributed by atoms with Crippen LogP contribution < -0.4 is 11.3 Å². The van der Waals surface area contributed by atoms with Crippen molar-refractivity contribution >= 4 is 17.4 Å². The second kappa shape index (κ2) is 10.1. The van der Waals surface area contributed by atoms with E-state index >= 15 is 0 Å². The Hall–Kier alpha value is -3.95. The summed E-state index contributed by atoms with van der Waals surface area (Å²) in [6, 6.07) is 20.1. The Morgan fingerprint density at radius 2 is 1.74 bits per heavy atom. The maximum atomic E-state index is 14.0. The van der Waals surface area contributed by atoms with Crippen LogP contribution in [0, 0.1) is 18.3 Å². The lowest BCUT2D eigenvalue weighted by atomic mass is 9.97. The zero-order chi connectivity index (χ0) is 25.1. The maximum Gasteiger partial charge on any atom is 0.268 e. The van der Waals surface area contributed by atoms with Gasteiger partial charge in [-0.2, -0.15) is 5.26 Å². The first kappa shape index (κ1) is 24.2. The molecule has 0 aliphatic rings. The van der Waals surface area contributed by atoms with Crippen LogP contribution in [0.3, 0.4) is 0 Å². The molecule has 178 valence electrons. The van der Waals surface area contributed by atoms with E-state index in [0.717, 1.165) is 19.3 Å². The van der Waals surface area contributed by atoms with Crippen molar-refractivity contribution in [2.75, 3.05) is 5.73 Å². The van der Waals surface area contributed by atoms with Crippen LogP contribution >= 0.6 is 11.6 Å². The molecule has 0 bridgehead atoms. The molecular formula is C28H27ClN4O2. The van der Waals surface area contributed by atoms with Crippen LogP contribution in [0.5, 0.6) is 5.75 Å². The average molecular weight is 487 g/mol. The van der Waals surface area contributed by atoms with E-state index in [0.29, 0.717) is 39.8 Å². The number of hydrogen-bond donors (Lipinski definition) is 2. The normalized spacial score (nSPS) is 10.9. The van der Waals surface area contributed by atoms with Gasteiger partial charge >= 0.3 is 0 Å². The first-order chi connectivity index (χ1) is 16.9. The molecule has 6 nitrogen and oxygen atoms in total.